The van der Waals surface area contributed by atoms with E-state index in [0.717, 1.165) is 24.3 Å². The standard InChI is InChI=1S/C20H16F4N2O4.Na/c1-2-29-25-17(12-4-3-5-14(8-12)30-20(22,23)24)11-26-10-16(19(27)28)15-9-13(21)6-7-18(15)26;/h3-10H,2,11H2,1H3,(H,27,28);/q;+1/p-1/b25-17+;. The van der Waals surface area contributed by atoms with Crippen molar-refractivity contribution < 1.29 is 66.6 Å². The Hall–Kier alpha value is -2.56. The topological polar surface area (TPSA) is 75.9 Å². The molecule has 1 aromatic heterocycles. The SMILES string of the molecule is CCO/N=C(\Cn1cc(C(=O)[O-])c2cc(F)ccc21)c1cccc(OC(F)(F)F)c1.[Na+]. The van der Waals surface area contributed by atoms with E-state index < -0.39 is 23.9 Å². The van der Waals surface area contributed by atoms with E-state index in [2.05, 4.69) is 9.89 Å². The molecule has 158 valence electrons. The van der Waals surface area contributed by atoms with Gasteiger partial charge in [-0.2, -0.15) is 0 Å². The molecule has 0 aliphatic heterocycles. The average Bonchev–Trinajstić information content (AvgIpc) is 3.01. The summed E-state index contributed by atoms with van der Waals surface area (Å²) in [6.07, 6.45) is -3.61. The van der Waals surface area contributed by atoms with Crippen molar-refractivity contribution in [2.24, 2.45) is 5.16 Å². The summed E-state index contributed by atoms with van der Waals surface area (Å²) in [7, 11) is 0. The minimum absolute atomic E-state index is 0. The maximum Gasteiger partial charge on any atom is 1.00 e. The van der Waals surface area contributed by atoms with Gasteiger partial charge in [0.25, 0.3) is 0 Å². The second-order valence-corrected chi connectivity index (χ2v) is 6.15. The quantitative estimate of drug-likeness (QED) is 0.229. The third-order valence-corrected chi connectivity index (χ3v) is 4.09. The van der Waals surface area contributed by atoms with Crippen LogP contribution in [0.4, 0.5) is 17.6 Å². The molecule has 0 spiro atoms. The van der Waals surface area contributed by atoms with Crippen LogP contribution >= 0.6 is 0 Å². The van der Waals surface area contributed by atoms with E-state index in [4.69, 9.17) is 4.84 Å². The molecule has 0 saturated carbocycles. The van der Waals surface area contributed by atoms with E-state index in [1.807, 2.05) is 0 Å². The monoisotopic (exact) mass is 446 g/mol. The number of alkyl halides is 3. The number of nitrogens with zero attached hydrogens (tertiary/aromatic N) is 2. The molecule has 0 atom stereocenters. The summed E-state index contributed by atoms with van der Waals surface area (Å²) in [5.74, 6) is -2.56. The van der Waals surface area contributed by atoms with Gasteiger partial charge in [-0.25, -0.2) is 4.39 Å². The van der Waals surface area contributed by atoms with Crippen LogP contribution in [0.2, 0.25) is 0 Å². The van der Waals surface area contributed by atoms with Crippen LogP contribution in [-0.4, -0.2) is 29.2 Å². The van der Waals surface area contributed by atoms with Crippen LogP contribution in [0.25, 0.3) is 10.9 Å². The number of carboxylic acids is 1. The molecule has 0 unspecified atom stereocenters. The van der Waals surface area contributed by atoms with E-state index in [9.17, 15) is 27.5 Å². The summed E-state index contributed by atoms with van der Waals surface area (Å²) in [5.41, 5.74) is 0.622. The molecule has 0 bridgehead atoms. The summed E-state index contributed by atoms with van der Waals surface area (Å²) in [5, 5.41) is 15.5. The van der Waals surface area contributed by atoms with Crippen LogP contribution in [-0.2, 0) is 11.4 Å². The Morgan fingerprint density at radius 3 is 2.58 bits per heavy atom. The smallest absolute Gasteiger partial charge is 0.545 e. The van der Waals surface area contributed by atoms with E-state index in [0.29, 0.717) is 5.52 Å². The largest absolute Gasteiger partial charge is 1.00 e. The summed E-state index contributed by atoms with van der Waals surface area (Å²) in [6, 6.07) is 8.75. The summed E-state index contributed by atoms with van der Waals surface area (Å²) < 4.78 is 56.6. The zero-order chi connectivity index (χ0) is 21.9. The van der Waals surface area contributed by atoms with Gasteiger partial charge in [0, 0.05) is 28.2 Å². The van der Waals surface area contributed by atoms with Gasteiger partial charge in [-0.3, -0.25) is 0 Å². The van der Waals surface area contributed by atoms with E-state index in [-0.39, 0.29) is 64.9 Å². The van der Waals surface area contributed by atoms with Gasteiger partial charge in [-0.1, -0.05) is 17.3 Å². The molecule has 11 heteroatoms. The first-order chi connectivity index (χ1) is 14.2. The number of aromatic nitrogens is 1. The van der Waals surface area contributed by atoms with Crippen molar-refractivity contribution in [2.75, 3.05) is 6.61 Å². The van der Waals surface area contributed by atoms with Crippen LogP contribution in [0.15, 0.2) is 53.8 Å². The number of benzene rings is 2. The number of carbonyl (C=O) groups excluding carboxylic acids is 1. The van der Waals surface area contributed by atoms with E-state index in [1.165, 1.54) is 29.0 Å². The zero-order valence-corrected chi connectivity index (χ0v) is 18.6. The average molecular weight is 446 g/mol. The molecule has 6 nitrogen and oxygen atoms in total. The van der Waals surface area contributed by atoms with Gasteiger partial charge >= 0.3 is 35.9 Å². The summed E-state index contributed by atoms with van der Waals surface area (Å²) in [6.45, 7) is 1.81. The number of carbonyl (C=O) groups is 1. The predicted octanol–water partition coefficient (Wildman–Crippen LogP) is 0.487. The first kappa shape index (κ1) is 24.7. The van der Waals surface area contributed by atoms with Crippen LogP contribution < -0.4 is 39.4 Å². The molecular weight excluding hydrogens is 431 g/mol. The predicted molar refractivity (Wildman–Crippen MR) is 97.5 cm³/mol. The normalized spacial score (nSPS) is 11.8. The van der Waals surface area contributed by atoms with Gasteiger partial charge in [0.05, 0.1) is 12.5 Å². The van der Waals surface area contributed by atoms with Crippen LogP contribution in [0.1, 0.15) is 22.8 Å². The molecule has 2 aromatic carbocycles. The Kier molecular flexibility index (Phi) is 8.10. The number of hydrogen-bond donors (Lipinski definition) is 0. The van der Waals surface area contributed by atoms with Crippen molar-refractivity contribution in [3.05, 3.63) is 65.6 Å². The van der Waals surface area contributed by atoms with Gasteiger partial charge < -0.3 is 24.0 Å². The molecule has 0 aliphatic carbocycles. The van der Waals surface area contributed by atoms with Crippen LogP contribution in [0, 0.1) is 5.82 Å². The van der Waals surface area contributed by atoms with Gasteiger partial charge in [0.1, 0.15) is 23.9 Å². The fraction of sp³-hybridized carbons (Fsp3) is 0.200. The third-order valence-electron chi connectivity index (χ3n) is 4.09. The van der Waals surface area contributed by atoms with Gasteiger partial charge in [0.15, 0.2) is 0 Å². The Labute approximate surface area is 196 Å². The zero-order valence-electron chi connectivity index (χ0n) is 16.6. The van der Waals surface area contributed by atoms with Crippen LogP contribution in [0.3, 0.4) is 0 Å². The van der Waals surface area contributed by atoms with Crippen molar-refractivity contribution in [3.63, 3.8) is 0 Å². The number of rotatable bonds is 7. The van der Waals surface area contributed by atoms with Crippen molar-refractivity contribution in [3.8, 4) is 5.75 Å². The van der Waals surface area contributed by atoms with Crippen molar-refractivity contribution in [2.45, 2.75) is 19.8 Å². The molecular formula is C20H15F4N2NaO4. The number of oxime groups is 1. The molecule has 0 aliphatic rings. The number of carboxylic acid groups (broad SMARTS) is 1. The molecule has 0 N–H and O–H groups in total. The van der Waals surface area contributed by atoms with Crippen molar-refractivity contribution in [1.82, 2.24) is 4.57 Å². The van der Waals surface area contributed by atoms with Gasteiger partial charge in [0.2, 0.25) is 0 Å². The Balaban J connectivity index is 0.00000341. The van der Waals surface area contributed by atoms with Crippen LogP contribution in [0.5, 0.6) is 5.75 Å². The van der Waals surface area contributed by atoms with Crippen molar-refractivity contribution >= 4 is 22.6 Å². The Bertz CT molecular complexity index is 1110. The minimum atomic E-state index is -4.86. The second kappa shape index (κ2) is 10.2. The minimum Gasteiger partial charge on any atom is -0.545 e. The molecule has 3 rings (SSSR count). The Morgan fingerprint density at radius 1 is 1.19 bits per heavy atom. The molecule has 0 radical (unpaired) electrons. The number of hydrogen-bond acceptors (Lipinski definition) is 5. The number of halogens is 4. The number of ether oxygens (including phenoxy) is 1. The molecule has 3 aromatic rings. The maximum absolute atomic E-state index is 13.6. The first-order valence-corrected chi connectivity index (χ1v) is 8.72. The maximum atomic E-state index is 13.6. The number of fused-ring (bicyclic) bond motifs is 1. The second-order valence-electron chi connectivity index (χ2n) is 6.15. The first-order valence-electron chi connectivity index (χ1n) is 8.72. The third kappa shape index (κ3) is 6.22. The van der Waals surface area contributed by atoms with E-state index in [1.54, 1.807) is 6.92 Å². The molecule has 0 saturated heterocycles. The molecule has 0 fully saturated rings. The molecule has 31 heavy (non-hydrogen) atoms. The summed E-state index contributed by atoms with van der Waals surface area (Å²) in [4.78, 5) is 16.5. The fourth-order valence-corrected chi connectivity index (χ4v) is 2.91. The van der Waals surface area contributed by atoms with Gasteiger partial charge in [-0.15, -0.1) is 13.2 Å². The van der Waals surface area contributed by atoms with E-state index >= 15 is 0 Å². The fourth-order valence-electron chi connectivity index (χ4n) is 2.91. The Morgan fingerprint density at radius 2 is 1.94 bits per heavy atom. The molecule has 0 amide bonds. The summed E-state index contributed by atoms with van der Waals surface area (Å²) >= 11 is 0. The number of aromatic carboxylic acids is 1. The molecule has 1 heterocycles. The van der Waals surface area contributed by atoms with Gasteiger partial charge in [-0.05, 0) is 37.3 Å². The van der Waals surface area contributed by atoms with Crippen molar-refractivity contribution in [1.29, 1.82) is 0 Å².